The van der Waals surface area contributed by atoms with E-state index in [1.165, 1.54) is 12.1 Å². The van der Waals surface area contributed by atoms with Crippen molar-refractivity contribution >= 4 is 35.0 Å². The molecule has 1 heterocycles. The molecule has 224 valence electrons. The Bertz CT molecular complexity index is 1730. The number of rotatable bonds is 11. The summed E-state index contributed by atoms with van der Waals surface area (Å²) in [5.41, 5.74) is 4.62. The van der Waals surface area contributed by atoms with E-state index in [2.05, 4.69) is 6.07 Å². The van der Waals surface area contributed by atoms with E-state index >= 15 is 0 Å². The fraction of sp³-hybridized carbons (Fsp3) is 0.212. The van der Waals surface area contributed by atoms with Crippen molar-refractivity contribution in [1.29, 1.82) is 5.26 Å². The summed E-state index contributed by atoms with van der Waals surface area (Å²) >= 11 is 1.05. The average Bonchev–Trinajstić information content (AvgIpc) is 3.02. The number of pyridine rings is 1. The fourth-order valence-electron chi connectivity index (χ4n) is 4.43. The number of hydrogen-bond acceptors (Lipinski definition) is 9. The molecule has 4 aromatic rings. The van der Waals surface area contributed by atoms with Crippen LogP contribution in [-0.2, 0) is 14.3 Å². The van der Waals surface area contributed by atoms with Gasteiger partial charge in [-0.15, -0.1) is 0 Å². The molecule has 10 nitrogen and oxygen atoms in total. The summed E-state index contributed by atoms with van der Waals surface area (Å²) in [4.78, 5) is 43.1. The summed E-state index contributed by atoms with van der Waals surface area (Å²) in [5.74, 6) is -0.715. The van der Waals surface area contributed by atoms with Crippen LogP contribution in [0, 0.1) is 35.3 Å². The van der Waals surface area contributed by atoms with Gasteiger partial charge in [0.15, 0.2) is 0 Å². The van der Waals surface area contributed by atoms with Crippen LogP contribution in [0.5, 0.6) is 5.75 Å². The number of hydrogen-bond donors (Lipinski definition) is 0. The quantitative estimate of drug-likeness (QED) is 0.0806. The molecule has 0 bridgehead atoms. The Hall–Kier alpha value is -5.21. The predicted octanol–water partition coefficient (Wildman–Crippen LogP) is 6.51. The smallest absolute Gasteiger partial charge is 0.326 e. The van der Waals surface area contributed by atoms with Gasteiger partial charge >= 0.3 is 5.97 Å². The van der Waals surface area contributed by atoms with E-state index in [-0.39, 0.29) is 29.3 Å². The molecule has 0 aliphatic carbocycles. The molecule has 1 amide bonds. The van der Waals surface area contributed by atoms with Crippen molar-refractivity contribution < 1.29 is 24.0 Å². The first-order chi connectivity index (χ1) is 21.1. The molecule has 0 radical (unpaired) electrons. The summed E-state index contributed by atoms with van der Waals surface area (Å²) in [7, 11) is 1.57. The van der Waals surface area contributed by atoms with Crippen LogP contribution < -0.4 is 9.64 Å². The number of nitro groups is 1. The Morgan fingerprint density at radius 3 is 2.32 bits per heavy atom. The van der Waals surface area contributed by atoms with Gasteiger partial charge in [0, 0.05) is 22.8 Å². The van der Waals surface area contributed by atoms with Crippen LogP contribution in [0.25, 0.3) is 22.4 Å². The highest BCUT2D eigenvalue weighted by molar-refractivity contribution is 8.00. The lowest BCUT2D eigenvalue weighted by molar-refractivity contribution is -0.385. The third-order valence-electron chi connectivity index (χ3n) is 6.77. The highest BCUT2D eigenvalue weighted by Crippen LogP contribution is 2.35. The van der Waals surface area contributed by atoms with E-state index in [9.17, 15) is 25.0 Å². The van der Waals surface area contributed by atoms with E-state index in [0.29, 0.717) is 27.6 Å². The number of ether oxygens (including phenoxy) is 2. The van der Waals surface area contributed by atoms with Crippen molar-refractivity contribution in [2.75, 3.05) is 30.9 Å². The number of aryl methyl sites for hydroxylation is 2. The Kier molecular flexibility index (Phi) is 10.3. The molecule has 0 saturated carbocycles. The van der Waals surface area contributed by atoms with E-state index < -0.39 is 23.3 Å². The van der Waals surface area contributed by atoms with Gasteiger partial charge in [-0.1, -0.05) is 59.8 Å². The van der Waals surface area contributed by atoms with E-state index in [4.69, 9.17) is 14.5 Å². The van der Waals surface area contributed by atoms with Crippen molar-refractivity contribution in [1.82, 2.24) is 4.98 Å². The normalized spacial score (nSPS) is 10.5. The lowest BCUT2D eigenvalue weighted by Gasteiger charge is -2.22. The summed E-state index contributed by atoms with van der Waals surface area (Å²) < 4.78 is 10.4. The lowest BCUT2D eigenvalue weighted by Crippen LogP contribution is -2.37. The highest BCUT2D eigenvalue weighted by Gasteiger charge is 2.24. The third-order valence-corrected chi connectivity index (χ3v) is 7.73. The largest absolute Gasteiger partial charge is 0.497 e. The van der Waals surface area contributed by atoms with Crippen LogP contribution in [0.15, 0.2) is 77.8 Å². The van der Waals surface area contributed by atoms with Crippen LogP contribution in [0.2, 0.25) is 0 Å². The Morgan fingerprint density at radius 1 is 1.02 bits per heavy atom. The molecule has 0 N–H and O–H groups in total. The number of nitro benzene ring substituents is 1. The van der Waals surface area contributed by atoms with Crippen LogP contribution in [0.1, 0.15) is 23.6 Å². The summed E-state index contributed by atoms with van der Waals surface area (Å²) in [6.45, 7) is 4.89. The number of nitriles is 1. The standard InChI is InChI=1S/C33H30N4O6S/c1-5-43-32(39)19-36(25-13-8-22(3)30(16-25)37(40)41)31(38)20-44-33-28(18-34)27(23-11-14-26(42-4)15-12-23)17-29(35-33)24-9-6-21(2)7-10-24/h6-17H,5,19-20H2,1-4H3. The SMILES string of the molecule is CCOC(=O)CN(C(=O)CSc1nc(-c2ccc(C)cc2)cc(-c2ccc(OC)cc2)c1C#N)c1ccc(C)c([N+](=O)[O-])c1. The van der Waals surface area contributed by atoms with Crippen LogP contribution in [0.4, 0.5) is 11.4 Å². The molecule has 0 spiro atoms. The van der Waals surface area contributed by atoms with Gasteiger partial charge in [0.05, 0.1) is 41.3 Å². The molecule has 4 rings (SSSR count). The van der Waals surface area contributed by atoms with Gasteiger partial charge < -0.3 is 14.4 Å². The zero-order valence-corrected chi connectivity index (χ0v) is 25.5. The van der Waals surface area contributed by atoms with Gasteiger partial charge in [-0.2, -0.15) is 5.26 Å². The van der Waals surface area contributed by atoms with Gasteiger partial charge in [-0.3, -0.25) is 19.7 Å². The molecule has 1 aromatic heterocycles. The van der Waals surface area contributed by atoms with Gasteiger partial charge in [-0.25, -0.2) is 4.98 Å². The number of carbonyl (C=O) groups is 2. The number of thioether (sulfide) groups is 1. The van der Waals surface area contributed by atoms with Crippen molar-refractivity contribution in [2.45, 2.75) is 25.8 Å². The summed E-state index contributed by atoms with van der Waals surface area (Å²) in [6.07, 6.45) is 0. The van der Waals surface area contributed by atoms with Gasteiger partial charge in [0.25, 0.3) is 5.69 Å². The average molecular weight is 611 g/mol. The van der Waals surface area contributed by atoms with Crippen molar-refractivity contribution in [3.05, 3.63) is 99.6 Å². The number of methoxy groups -OCH3 is 1. The van der Waals surface area contributed by atoms with E-state index in [1.54, 1.807) is 39.2 Å². The molecule has 0 saturated heterocycles. The van der Waals surface area contributed by atoms with Crippen molar-refractivity contribution in [2.24, 2.45) is 0 Å². The Labute approximate surface area is 259 Å². The number of anilines is 1. The molecule has 0 unspecified atom stereocenters. The van der Waals surface area contributed by atoms with Gasteiger partial charge in [0.1, 0.15) is 23.4 Å². The molecular formula is C33H30N4O6S. The molecule has 0 aliphatic rings. The molecule has 0 fully saturated rings. The second kappa shape index (κ2) is 14.3. The predicted molar refractivity (Wildman–Crippen MR) is 169 cm³/mol. The van der Waals surface area contributed by atoms with Crippen molar-refractivity contribution in [3.63, 3.8) is 0 Å². The minimum atomic E-state index is -0.659. The van der Waals surface area contributed by atoms with Crippen molar-refractivity contribution in [3.8, 4) is 34.2 Å². The maximum Gasteiger partial charge on any atom is 0.326 e. The Morgan fingerprint density at radius 2 is 1.70 bits per heavy atom. The van der Waals surface area contributed by atoms with E-state index in [1.807, 2.05) is 49.4 Å². The summed E-state index contributed by atoms with van der Waals surface area (Å²) in [6, 6.07) is 23.5. The molecular weight excluding hydrogens is 580 g/mol. The molecule has 0 atom stereocenters. The first kappa shape index (κ1) is 31.7. The Balaban J connectivity index is 1.74. The minimum absolute atomic E-state index is 0.110. The van der Waals surface area contributed by atoms with Crippen LogP contribution in [-0.4, -0.2) is 47.8 Å². The third kappa shape index (κ3) is 7.40. The molecule has 44 heavy (non-hydrogen) atoms. The number of carbonyl (C=O) groups excluding carboxylic acids is 2. The van der Waals surface area contributed by atoms with Crippen LogP contribution >= 0.6 is 11.8 Å². The number of aromatic nitrogens is 1. The first-order valence-corrected chi connectivity index (χ1v) is 14.6. The van der Waals surface area contributed by atoms with Gasteiger partial charge in [0.2, 0.25) is 5.91 Å². The highest BCUT2D eigenvalue weighted by atomic mass is 32.2. The van der Waals surface area contributed by atoms with E-state index in [0.717, 1.165) is 33.4 Å². The zero-order chi connectivity index (χ0) is 31.8. The summed E-state index contributed by atoms with van der Waals surface area (Å²) in [5, 5.41) is 22.2. The monoisotopic (exact) mass is 610 g/mol. The number of amides is 1. The second-order valence-corrected chi connectivity index (χ2v) is 10.7. The zero-order valence-electron chi connectivity index (χ0n) is 24.7. The molecule has 3 aromatic carbocycles. The molecule has 11 heteroatoms. The number of benzene rings is 3. The minimum Gasteiger partial charge on any atom is -0.497 e. The van der Waals surface area contributed by atoms with Crippen LogP contribution in [0.3, 0.4) is 0 Å². The lowest BCUT2D eigenvalue weighted by atomic mass is 9.99. The second-order valence-electron chi connectivity index (χ2n) is 9.74. The number of esters is 1. The molecule has 0 aliphatic heterocycles. The van der Waals surface area contributed by atoms with Gasteiger partial charge in [-0.05, 0) is 50.6 Å². The number of nitrogens with zero attached hydrogens (tertiary/aromatic N) is 4. The maximum absolute atomic E-state index is 13.6. The first-order valence-electron chi connectivity index (χ1n) is 13.7. The topological polar surface area (TPSA) is 136 Å². The maximum atomic E-state index is 13.6. The fourth-order valence-corrected chi connectivity index (χ4v) is 5.31.